The van der Waals surface area contributed by atoms with Gasteiger partial charge in [-0.1, -0.05) is 6.07 Å². The van der Waals surface area contributed by atoms with Crippen molar-refractivity contribution in [2.75, 3.05) is 0 Å². The van der Waals surface area contributed by atoms with Gasteiger partial charge in [0.05, 0.1) is 5.92 Å². The molecule has 2 amide bonds. The number of nitrogens with one attached hydrogen (secondary N) is 1. The highest BCUT2D eigenvalue weighted by atomic mass is 19.1. The van der Waals surface area contributed by atoms with E-state index in [1.165, 1.54) is 12.1 Å². The Labute approximate surface area is 91.1 Å². The van der Waals surface area contributed by atoms with Crippen molar-refractivity contribution in [2.45, 2.75) is 18.8 Å². The van der Waals surface area contributed by atoms with E-state index in [0.717, 1.165) is 6.07 Å². The highest BCUT2D eigenvalue weighted by molar-refractivity contribution is 6.01. The van der Waals surface area contributed by atoms with E-state index in [2.05, 4.69) is 5.32 Å². The molecule has 1 aromatic rings. The van der Waals surface area contributed by atoms with Crippen LogP contribution in [0.2, 0.25) is 0 Å². The maximum absolute atomic E-state index is 12.8. The van der Waals surface area contributed by atoms with Crippen molar-refractivity contribution in [3.8, 4) is 5.75 Å². The van der Waals surface area contributed by atoms with Gasteiger partial charge in [-0.15, -0.1) is 0 Å². The molecule has 1 fully saturated rings. The summed E-state index contributed by atoms with van der Waals surface area (Å²) in [5.41, 5.74) is 0.353. The lowest BCUT2D eigenvalue weighted by Gasteiger charge is -2.21. The average Bonchev–Trinajstić information content (AvgIpc) is 2.19. The van der Waals surface area contributed by atoms with Crippen molar-refractivity contribution in [1.29, 1.82) is 0 Å². The summed E-state index contributed by atoms with van der Waals surface area (Å²) in [6.07, 6.45) is 0.567. The fraction of sp³-hybridized carbons (Fsp3) is 0.273. The fourth-order valence-electron chi connectivity index (χ4n) is 1.80. The van der Waals surface area contributed by atoms with Crippen LogP contribution in [-0.4, -0.2) is 16.9 Å². The molecule has 0 aliphatic carbocycles. The number of carbonyl (C=O) groups excluding carboxylic acids is 2. The van der Waals surface area contributed by atoms with Crippen LogP contribution in [-0.2, 0) is 9.59 Å². The minimum atomic E-state index is -0.585. The molecular formula is C11H10FNO3. The maximum Gasteiger partial charge on any atom is 0.234 e. The Morgan fingerprint density at radius 2 is 2.12 bits per heavy atom. The lowest BCUT2D eigenvalue weighted by Crippen LogP contribution is -2.39. The Hall–Kier alpha value is -1.91. The van der Waals surface area contributed by atoms with Crippen LogP contribution < -0.4 is 5.32 Å². The molecule has 1 unspecified atom stereocenters. The summed E-state index contributed by atoms with van der Waals surface area (Å²) < 4.78 is 12.8. The van der Waals surface area contributed by atoms with E-state index >= 15 is 0 Å². The molecule has 0 bridgehead atoms. The number of benzene rings is 1. The first-order chi connectivity index (χ1) is 7.58. The van der Waals surface area contributed by atoms with Gasteiger partial charge in [-0.3, -0.25) is 14.9 Å². The van der Waals surface area contributed by atoms with E-state index in [1.54, 1.807) is 0 Å². The van der Waals surface area contributed by atoms with Crippen LogP contribution in [0.5, 0.6) is 5.75 Å². The van der Waals surface area contributed by atoms with Crippen LogP contribution in [0.3, 0.4) is 0 Å². The Morgan fingerprint density at radius 3 is 2.75 bits per heavy atom. The second kappa shape index (κ2) is 3.92. The van der Waals surface area contributed by atoms with Gasteiger partial charge >= 0.3 is 0 Å². The van der Waals surface area contributed by atoms with Gasteiger partial charge in [0.1, 0.15) is 11.6 Å². The van der Waals surface area contributed by atoms with Crippen molar-refractivity contribution >= 4 is 11.8 Å². The van der Waals surface area contributed by atoms with Gasteiger partial charge in [0.15, 0.2) is 0 Å². The molecule has 1 aliphatic rings. The fourth-order valence-corrected chi connectivity index (χ4v) is 1.80. The number of imide groups is 1. The summed E-state index contributed by atoms with van der Waals surface area (Å²) in [7, 11) is 0. The molecule has 1 aliphatic heterocycles. The number of rotatable bonds is 1. The van der Waals surface area contributed by atoms with Gasteiger partial charge in [0, 0.05) is 18.1 Å². The lowest BCUT2D eigenvalue weighted by molar-refractivity contribution is -0.134. The summed E-state index contributed by atoms with van der Waals surface area (Å²) in [6, 6.07) is 3.50. The molecule has 84 valence electrons. The number of carbonyl (C=O) groups is 2. The first-order valence-corrected chi connectivity index (χ1v) is 4.90. The zero-order chi connectivity index (χ0) is 11.7. The predicted octanol–water partition coefficient (Wildman–Crippen LogP) is 1.05. The number of hydrogen-bond donors (Lipinski definition) is 2. The third kappa shape index (κ3) is 1.88. The molecule has 1 atom stereocenters. The molecule has 1 saturated heterocycles. The van der Waals surface area contributed by atoms with E-state index in [4.69, 9.17) is 0 Å². The number of piperidine rings is 1. The monoisotopic (exact) mass is 223 g/mol. The Morgan fingerprint density at radius 1 is 1.38 bits per heavy atom. The summed E-state index contributed by atoms with van der Waals surface area (Å²) in [4.78, 5) is 22.4. The highest BCUT2D eigenvalue weighted by Crippen LogP contribution is 2.31. The third-order valence-corrected chi connectivity index (χ3v) is 2.61. The number of halogens is 1. The number of amides is 2. The Kier molecular flexibility index (Phi) is 2.60. The molecule has 2 rings (SSSR count). The molecule has 0 spiro atoms. The van der Waals surface area contributed by atoms with Crippen molar-refractivity contribution in [3.05, 3.63) is 29.6 Å². The normalized spacial score (nSPS) is 20.7. The largest absolute Gasteiger partial charge is 0.508 e. The van der Waals surface area contributed by atoms with E-state index in [-0.39, 0.29) is 18.1 Å². The van der Waals surface area contributed by atoms with Crippen molar-refractivity contribution in [3.63, 3.8) is 0 Å². The quantitative estimate of drug-likeness (QED) is 0.699. The highest BCUT2D eigenvalue weighted by Gasteiger charge is 2.29. The SMILES string of the molecule is O=C1CCC(c2ccc(F)cc2O)C(=O)N1. The van der Waals surface area contributed by atoms with Crippen LogP contribution in [0.15, 0.2) is 18.2 Å². The van der Waals surface area contributed by atoms with Crippen LogP contribution in [0.25, 0.3) is 0 Å². The molecule has 1 heterocycles. The first kappa shape index (κ1) is 10.6. The molecular weight excluding hydrogens is 213 g/mol. The minimum absolute atomic E-state index is 0.229. The van der Waals surface area contributed by atoms with Gasteiger partial charge in [0.2, 0.25) is 11.8 Å². The van der Waals surface area contributed by atoms with Gasteiger partial charge in [0.25, 0.3) is 0 Å². The third-order valence-electron chi connectivity index (χ3n) is 2.61. The standard InChI is InChI=1S/C11H10FNO3/c12-6-1-2-7(9(14)5-6)8-3-4-10(15)13-11(8)16/h1-2,5,8,14H,3-4H2,(H,13,15,16). The zero-order valence-electron chi connectivity index (χ0n) is 8.37. The second-order valence-electron chi connectivity index (χ2n) is 3.71. The molecule has 2 N–H and O–H groups in total. The maximum atomic E-state index is 12.8. The number of phenols is 1. The van der Waals surface area contributed by atoms with E-state index in [1.807, 2.05) is 0 Å². The van der Waals surface area contributed by atoms with Crippen molar-refractivity contribution in [2.24, 2.45) is 0 Å². The molecule has 4 nitrogen and oxygen atoms in total. The minimum Gasteiger partial charge on any atom is -0.508 e. The molecule has 0 aromatic heterocycles. The van der Waals surface area contributed by atoms with E-state index in [9.17, 15) is 19.1 Å². The molecule has 5 heteroatoms. The van der Waals surface area contributed by atoms with Gasteiger partial charge in [-0.2, -0.15) is 0 Å². The van der Waals surface area contributed by atoms with Gasteiger partial charge in [-0.05, 0) is 12.5 Å². The Balaban J connectivity index is 2.30. The Bertz CT molecular complexity index is 459. The smallest absolute Gasteiger partial charge is 0.234 e. The average molecular weight is 223 g/mol. The second-order valence-corrected chi connectivity index (χ2v) is 3.71. The molecule has 0 saturated carbocycles. The number of aromatic hydroxyl groups is 1. The van der Waals surface area contributed by atoms with Crippen LogP contribution in [0.4, 0.5) is 4.39 Å². The first-order valence-electron chi connectivity index (χ1n) is 4.90. The van der Waals surface area contributed by atoms with Crippen molar-refractivity contribution < 1.29 is 19.1 Å². The lowest BCUT2D eigenvalue weighted by atomic mass is 9.90. The van der Waals surface area contributed by atoms with Crippen molar-refractivity contribution in [1.82, 2.24) is 5.32 Å². The van der Waals surface area contributed by atoms with E-state index < -0.39 is 17.6 Å². The molecule has 1 aromatic carbocycles. The number of hydrogen-bond acceptors (Lipinski definition) is 3. The summed E-state index contributed by atoms with van der Waals surface area (Å²) in [5.74, 6) is -2.16. The molecule has 16 heavy (non-hydrogen) atoms. The van der Waals surface area contributed by atoms with Gasteiger partial charge in [-0.25, -0.2) is 4.39 Å². The summed E-state index contributed by atoms with van der Waals surface area (Å²) >= 11 is 0. The molecule has 0 radical (unpaired) electrons. The van der Waals surface area contributed by atoms with Crippen LogP contribution in [0, 0.1) is 5.82 Å². The van der Waals surface area contributed by atoms with E-state index in [0.29, 0.717) is 12.0 Å². The van der Waals surface area contributed by atoms with Crippen LogP contribution >= 0.6 is 0 Å². The zero-order valence-corrected chi connectivity index (χ0v) is 8.37. The van der Waals surface area contributed by atoms with Gasteiger partial charge < -0.3 is 5.11 Å². The number of phenolic OH excluding ortho intramolecular Hbond substituents is 1. The summed E-state index contributed by atoms with van der Waals surface area (Å²) in [5, 5.41) is 11.7. The predicted molar refractivity (Wildman–Crippen MR) is 53.2 cm³/mol. The summed E-state index contributed by atoms with van der Waals surface area (Å²) in [6.45, 7) is 0. The van der Waals surface area contributed by atoms with Crippen LogP contribution in [0.1, 0.15) is 24.3 Å². The topological polar surface area (TPSA) is 66.4 Å².